The zero-order chi connectivity index (χ0) is 16.4. The fourth-order valence-electron chi connectivity index (χ4n) is 1.98. The topological polar surface area (TPSA) is 67.2 Å². The standard InChI is InChI=1S/C15H26ClN3O2/c1-7-10-12(16)11(19(8-2)18-10)9-17-15(5,6)14(3,4)13(20)21/h17H,7-9H2,1-6H3,(H,20,21). The van der Waals surface area contributed by atoms with Gasteiger partial charge in [0.15, 0.2) is 0 Å². The number of aliphatic carboxylic acids is 1. The second-order valence-electron chi connectivity index (χ2n) is 6.29. The van der Waals surface area contributed by atoms with Crippen LogP contribution in [-0.2, 0) is 24.3 Å². The van der Waals surface area contributed by atoms with Crippen molar-refractivity contribution in [3.8, 4) is 0 Å². The molecule has 1 aromatic rings. The normalized spacial score (nSPS) is 12.7. The minimum atomic E-state index is -0.899. The molecule has 0 saturated carbocycles. The van der Waals surface area contributed by atoms with Crippen LogP contribution in [0.4, 0.5) is 0 Å². The van der Waals surface area contributed by atoms with Gasteiger partial charge in [0.2, 0.25) is 0 Å². The molecule has 1 heterocycles. The summed E-state index contributed by atoms with van der Waals surface area (Å²) in [5.41, 5.74) is 0.303. The van der Waals surface area contributed by atoms with Crippen molar-refractivity contribution in [3.63, 3.8) is 0 Å². The zero-order valence-electron chi connectivity index (χ0n) is 13.7. The monoisotopic (exact) mass is 315 g/mol. The van der Waals surface area contributed by atoms with Crippen molar-refractivity contribution in [2.24, 2.45) is 5.41 Å². The van der Waals surface area contributed by atoms with Crippen LogP contribution in [0.15, 0.2) is 0 Å². The predicted octanol–water partition coefficient (Wildman–Crippen LogP) is 3.10. The Hall–Kier alpha value is -1.07. The summed E-state index contributed by atoms with van der Waals surface area (Å²) >= 11 is 6.37. The van der Waals surface area contributed by atoms with Crippen LogP contribution >= 0.6 is 11.6 Å². The lowest BCUT2D eigenvalue weighted by Crippen LogP contribution is -2.54. The first-order chi connectivity index (χ1) is 9.58. The number of carboxylic acids is 1. The Morgan fingerprint density at radius 3 is 2.33 bits per heavy atom. The first-order valence-electron chi connectivity index (χ1n) is 7.31. The van der Waals surface area contributed by atoms with Crippen LogP contribution in [0.25, 0.3) is 0 Å². The molecular weight excluding hydrogens is 290 g/mol. The van der Waals surface area contributed by atoms with Crippen molar-refractivity contribution in [1.82, 2.24) is 15.1 Å². The van der Waals surface area contributed by atoms with E-state index in [4.69, 9.17) is 11.6 Å². The molecule has 0 aromatic carbocycles. The Labute approximate surface area is 131 Å². The highest BCUT2D eigenvalue weighted by molar-refractivity contribution is 6.31. The van der Waals surface area contributed by atoms with Gasteiger partial charge < -0.3 is 10.4 Å². The van der Waals surface area contributed by atoms with Gasteiger partial charge in [0.05, 0.1) is 21.8 Å². The smallest absolute Gasteiger partial charge is 0.310 e. The molecule has 0 radical (unpaired) electrons. The van der Waals surface area contributed by atoms with E-state index in [1.807, 2.05) is 32.4 Å². The molecule has 0 amide bonds. The first kappa shape index (κ1) is 18.0. The molecule has 0 atom stereocenters. The molecule has 0 unspecified atom stereocenters. The summed E-state index contributed by atoms with van der Waals surface area (Å²) in [6, 6.07) is 0. The number of carbonyl (C=O) groups is 1. The SMILES string of the molecule is CCc1nn(CC)c(CNC(C)(C)C(C)(C)C(=O)O)c1Cl. The summed E-state index contributed by atoms with van der Waals surface area (Å²) in [5.74, 6) is -0.829. The molecule has 0 bridgehead atoms. The Bertz CT molecular complexity index is 521. The van der Waals surface area contributed by atoms with Gasteiger partial charge in [-0.15, -0.1) is 0 Å². The summed E-state index contributed by atoms with van der Waals surface area (Å²) in [5, 5.41) is 17.9. The van der Waals surface area contributed by atoms with Crippen LogP contribution in [-0.4, -0.2) is 26.4 Å². The van der Waals surface area contributed by atoms with Gasteiger partial charge in [-0.2, -0.15) is 5.10 Å². The highest BCUT2D eigenvalue weighted by Crippen LogP contribution is 2.31. The van der Waals surface area contributed by atoms with Crippen LogP contribution in [0.5, 0.6) is 0 Å². The molecule has 0 spiro atoms. The Kier molecular flexibility index (Phi) is 5.45. The lowest BCUT2D eigenvalue weighted by Gasteiger charge is -2.39. The van der Waals surface area contributed by atoms with Crippen LogP contribution in [0.1, 0.15) is 52.9 Å². The van der Waals surface area contributed by atoms with E-state index < -0.39 is 16.9 Å². The third-order valence-electron chi connectivity index (χ3n) is 4.49. The summed E-state index contributed by atoms with van der Waals surface area (Å²) in [6.45, 7) is 12.5. The molecule has 120 valence electrons. The van der Waals surface area contributed by atoms with Gasteiger partial charge in [-0.05, 0) is 41.0 Å². The zero-order valence-corrected chi connectivity index (χ0v) is 14.5. The molecular formula is C15H26ClN3O2. The minimum absolute atomic E-state index is 0.489. The largest absolute Gasteiger partial charge is 0.481 e. The molecule has 0 fully saturated rings. The second-order valence-corrected chi connectivity index (χ2v) is 6.66. The molecule has 21 heavy (non-hydrogen) atoms. The van der Waals surface area contributed by atoms with E-state index >= 15 is 0 Å². The average Bonchev–Trinajstić information content (AvgIpc) is 2.71. The van der Waals surface area contributed by atoms with Crippen LogP contribution in [0.2, 0.25) is 5.02 Å². The van der Waals surface area contributed by atoms with Crippen molar-refractivity contribution in [2.75, 3.05) is 0 Å². The van der Waals surface area contributed by atoms with Gasteiger partial charge >= 0.3 is 5.97 Å². The first-order valence-corrected chi connectivity index (χ1v) is 7.68. The van der Waals surface area contributed by atoms with Crippen LogP contribution in [0.3, 0.4) is 0 Å². The molecule has 0 aliphatic heterocycles. The lowest BCUT2D eigenvalue weighted by molar-refractivity contribution is -0.151. The van der Waals surface area contributed by atoms with Gasteiger partial charge in [-0.1, -0.05) is 18.5 Å². The average molecular weight is 316 g/mol. The number of halogens is 1. The third kappa shape index (κ3) is 3.40. The van der Waals surface area contributed by atoms with E-state index in [1.54, 1.807) is 13.8 Å². The molecule has 1 aromatic heterocycles. The molecule has 0 aliphatic rings. The Balaban J connectivity index is 2.98. The molecule has 6 heteroatoms. The van der Waals surface area contributed by atoms with E-state index in [9.17, 15) is 9.90 Å². The van der Waals surface area contributed by atoms with Gasteiger partial charge in [-0.3, -0.25) is 9.48 Å². The maximum absolute atomic E-state index is 11.4. The maximum Gasteiger partial charge on any atom is 0.310 e. The van der Waals surface area contributed by atoms with Crippen molar-refractivity contribution < 1.29 is 9.90 Å². The fourth-order valence-corrected chi connectivity index (χ4v) is 2.31. The van der Waals surface area contributed by atoms with E-state index in [1.165, 1.54) is 0 Å². The number of aromatic nitrogens is 2. The van der Waals surface area contributed by atoms with Crippen molar-refractivity contribution >= 4 is 17.6 Å². The molecule has 1 rings (SSSR count). The number of hydrogen-bond acceptors (Lipinski definition) is 3. The van der Waals surface area contributed by atoms with Crippen molar-refractivity contribution in [2.45, 2.75) is 66.6 Å². The van der Waals surface area contributed by atoms with E-state index in [2.05, 4.69) is 10.4 Å². The molecule has 5 nitrogen and oxygen atoms in total. The lowest BCUT2D eigenvalue weighted by atomic mass is 9.74. The number of nitrogens with zero attached hydrogens (tertiary/aromatic N) is 2. The summed E-state index contributed by atoms with van der Waals surface area (Å²) < 4.78 is 1.87. The van der Waals surface area contributed by atoms with E-state index in [0.717, 1.165) is 24.4 Å². The van der Waals surface area contributed by atoms with E-state index in [-0.39, 0.29) is 0 Å². The van der Waals surface area contributed by atoms with Crippen molar-refractivity contribution in [1.29, 1.82) is 0 Å². The highest BCUT2D eigenvalue weighted by Gasteiger charge is 2.43. The number of rotatable bonds is 7. The summed E-state index contributed by atoms with van der Waals surface area (Å²) in [6.07, 6.45) is 0.781. The minimum Gasteiger partial charge on any atom is -0.481 e. The third-order valence-corrected chi connectivity index (χ3v) is 4.93. The Morgan fingerprint density at radius 2 is 1.90 bits per heavy atom. The number of aryl methyl sites for hydroxylation is 2. The van der Waals surface area contributed by atoms with Gasteiger partial charge in [-0.25, -0.2) is 0 Å². The van der Waals surface area contributed by atoms with Gasteiger partial charge in [0.25, 0.3) is 0 Å². The molecule has 2 N–H and O–H groups in total. The van der Waals surface area contributed by atoms with Gasteiger partial charge in [0.1, 0.15) is 0 Å². The number of carboxylic acid groups (broad SMARTS) is 1. The van der Waals surface area contributed by atoms with Crippen LogP contribution < -0.4 is 5.32 Å². The van der Waals surface area contributed by atoms with Crippen molar-refractivity contribution in [3.05, 3.63) is 16.4 Å². The highest BCUT2D eigenvalue weighted by atomic mass is 35.5. The second kappa shape index (κ2) is 6.36. The number of nitrogens with one attached hydrogen (secondary N) is 1. The maximum atomic E-state index is 11.4. The number of hydrogen-bond donors (Lipinski definition) is 2. The van der Waals surface area contributed by atoms with Crippen LogP contribution in [0, 0.1) is 5.41 Å². The quantitative estimate of drug-likeness (QED) is 0.811. The molecule has 0 saturated heterocycles. The summed E-state index contributed by atoms with van der Waals surface area (Å²) in [7, 11) is 0. The summed E-state index contributed by atoms with van der Waals surface area (Å²) in [4.78, 5) is 11.4. The predicted molar refractivity (Wildman–Crippen MR) is 84.6 cm³/mol. The van der Waals surface area contributed by atoms with E-state index in [0.29, 0.717) is 11.6 Å². The molecule has 0 aliphatic carbocycles. The van der Waals surface area contributed by atoms with Gasteiger partial charge in [0, 0.05) is 18.6 Å². The Morgan fingerprint density at radius 1 is 1.33 bits per heavy atom. The fraction of sp³-hybridized carbons (Fsp3) is 0.733.